The van der Waals surface area contributed by atoms with Gasteiger partial charge in [0, 0.05) is 6.08 Å². The molecule has 0 radical (unpaired) electrons. The number of alkyl halides is 3. The van der Waals surface area contributed by atoms with Crippen LogP contribution >= 0.6 is 15.9 Å². The summed E-state index contributed by atoms with van der Waals surface area (Å²) in [5, 5.41) is 0. The minimum absolute atomic E-state index is 0.104. The lowest BCUT2D eigenvalue weighted by atomic mass is 10.2. The topological polar surface area (TPSA) is 0 Å². The molecule has 0 atom stereocenters. The van der Waals surface area contributed by atoms with Crippen LogP contribution in [0.1, 0.15) is 5.56 Å². The summed E-state index contributed by atoms with van der Waals surface area (Å²) >= 11 is 2.88. The molecule has 0 unspecified atom stereocenters. The molecule has 0 aliphatic rings. The third kappa shape index (κ3) is 3.49. The molecule has 1 aromatic rings. The summed E-state index contributed by atoms with van der Waals surface area (Å²) in [7, 11) is 0. The van der Waals surface area contributed by atoms with Gasteiger partial charge in [0.05, 0.1) is 4.47 Å². The summed E-state index contributed by atoms with van der Waals surface area (Å²) in [6.07, 6.45) is -3.36. The maximum absolute atomic E-state index is 12.7. The van der Waals surface area contributed by atoms with Crippen molar-refractivity contribution in [2.45, 2.75) is 6.18 Å². The first-order valence-corrected chi connectivity index (χ1v) is 4.39. The van der Waals surface area contributed by atoms with Gasteiger partial charge >= 0.3 is 6.18 Å². The molecule has 0 amide bonds. The highest BCUT2D eigenvalue weighted by atomic mass is 79.9. The second-order valence-corrected chi connectivity index (χ2v) is 3.40. The lowest BCUT2D eigenvalue weighted by Gasteiger charge is -1.99. The van der Waals surface area contributed by atoms with Crippen LogP contribution in [0, 0.1) is 5.82 Å². The van der Waals surface area contributed by atoms with Crippen molar-refractivity contribution in [1.82, 2.24) is 0 Å². The van der Waals surface area contributed by atoms with Crippen LogP contribution in [-0.4, -0.2) is 6.18 Å². The van der Waals surface area contributed by atoms with Crippen molar-refractivity contribution < 1.29 is 17.6 Å². The molecule has 0 N–H and O–H groups in total. The van der Waals surface area contributed by atoms with E-state index < -0.39 is 12.0 Å². The summed E-state index contributed by atoms with van der Waals surface area (Å²) in [6.45, 7) is 0. The Morgan fingerprint density at radius 3 is 2.36 bits per heavy atom. The van der Waals surface area contributed by atoms with E-state index in [0.29, 0.717) is 0 Å². The van der Waals surface area contributed by atoms with E-state index in [9.17, 15) is 17.6 Å². The van der Waals surface area contributed by atoms with Crippen LogP contribution in [0.4, 0.5) is 17.6 Å². The van der Waals surface area contributed by atoms with Gasteiger partial charge in [-0.2, -0.15) is 13.2 Å². The number of hydrogen-bond acceptors (Lipinski definition) is 0. The fraction of sp³-hybridized carbons (Fsp3) is 0.111. The molecule has 14 heavy (non-hydrogen) atoms. The van der Waals surface area contributed by atoms with Gasteiger partial charge in [-0.3, -0.25) is 0 Å². The van der Waals surface area contributed by atoms with Gasteiger partial charge < -0.3 is 0 Å². The Labute approximate surface area is 86.4 Å². The molecule has 0 aliphatic heterocycles. The maximum atomic E-state index is 12.7. The molecule has 0 fully saturated rings. The standard InChI is InChI=1S/C9H5BrF4/c10-7-5-6(1-2-8(7)11)3-4-9(12,13)14/h1-5H/b4-3+. The fourth-order valence-corrected chi connectivity index (χ4v) is 1.20. The van der Waals surface area contributed by atoms with E-state index in [-0.39, 0.29) is 16.1 Å². The number of hydrogen-bond donors (Lipinski definition) is 0. The molecular formula is C9H5BrF4. The highest BCUT2D eigenvalue weighted by molar-refractivity contribution is 9.10. The first-order valence-electron chi connectivity index (χ1n) is 3.59. The second-order valence-electron chi connectivity index (χ2n) is 2.55. The van der Waals surface area contributed by atoms with Crippen LogP contribution in [0.25, 0.3) is 6.08 Å². The van der Waals surface area contributed by atoms with Crippen LogP contribution in [0.2, 0.25) is 0 Å². The van der Waals surface area contributed by atoms with Crippen molar-refractivity contribution in [3.8, 4) is 0 Å². The summed E-state index contributed by atoms with van der Waals surface area (Å²) in [5.74, 6) is -0.505. The Morgan fingerprint density at radius 2 is 1.86 bits per heavy atom. The average molecular weight is 269 g/mol. The Bertz CT molecular complexity index is 354. The zero-order valence-electron chi connectivity index (χ0n) is 6.78. The van der Waals surface area contributed by atoms with Gasteiger partial charge in [0.1, 0.15) is 5.82 Å². The van der Waals surface area contributed by atoms with Crippen molar-refractivity contribution in [1.29, 1.82) is 0 Å². The molecule has 0 aromatic heterocycles. The quantitative estimate of drug-likeness (QED) is 0.671. The SMILES string of the molecule is Fc1ccc(/C=C/C(F)(F)F)cc1Br. The van der Waals surface area contributed by atoms with Gasteiger partial charge in [0.25, 0.3) is 0 Å². The minimum Gasteiger partial charge on any atom is -0.206 e. The van der Waals surface area contributed by atoms with E-state index in [1.54, 1.807) is 0 Å². The number of benzene rings is 1. The Morgan fingerprint density at radius 1 is 1.21 bits per heavy atom. The summed E-state index contributed by atoms with van der Waals surface area (Å²) < 4.78 is 48.1. The van der Waals surface area contributed by atoms with Gasteiger partial charge in [-0.1, -0.05) is 12.1 Å². The van der Waals surface area contributed by atoms with E-state index in [2.05, 4.69) is 15.9 Å². The van der Waals surface area contributed by atoms with E-state index in [1.807, 2.05) is 0 Å². The molecule has 0 nitrogen and oxygen atoms in total. The molecule has 76 valence electrons. The molecule has 0 saturated heterocycles. The maximum Gasteiger partial charge on any atom is 0.409 e. The van der Waals surface area contributed by atoms with Crippen molar-refractivity contribution in [2.24, 2.45) is 0 Å². The van der Waals surface area contributed by atoms with Crippen LogP contribution < -0.4 is 0 Å². The summed E-state index contributed by atoms with van der Waals surface area (Å²) in [5.41, 5.74) is 0.288. The summed E-state index contributed by atoms with van der Waals surface area (Å²) in [6, 6.07) is 3.64. The van der Waals surface area contributed by atoms with Gasteiger partial charge in [0.2, 0.25) is 0 Å². The van der Waals surface area contributed by atoms with E-state index >= 15 is 0 Å². The average Bonchev–Trinajstić information content (AvgIpc) is 2.06. The zero-order valence-corrected chi connectivity index (χ0v) is 8.36. The predicted octanol–water partition coefficient (Wildman–Crippen LogP) is 4.16. The molecule has 0 heterocycles. The van der Waals surface area contributed by atoms with E-state index in [4.69, 9.17) is 0 Å². The number of rotatable bonds is 1. The molecule has 0 aliphatic carbocycles. The minimum atomic E-state index is -4.35. The highest BCUT2D eigenvalue weighted by Crippen LogP contribution is 2.21. The van der Waals surface area contributed by atoms with Crippen LogP contribution in [0.5, 0.6) is 0 Å². The van der Waals surface area contributed by atoms with Gasteiger partial charge in [-0.15, -0.1) is 0 Å². The van der Waals surface area contributed by atoms with Crippen molar-refractivity contribution >= 4 is 22.0 Å². The highest BCUT2D eigenvalue weighted by Gasteiger charge is 2.21. The van der Waals surface area contributed by atoms with Crippen LogP contribution in [-0.2, 0) is 0 Å². The number of allylic oxidation sites excluding steroid dienone is 1. The van der Waals surface area contributed by atoms with E-state index in [0.717, 1.165) is 12.1 Å². The van der Waals surface area contributed by atoms with Gasteiger partial charge in [-0.05, 0) is 33.6 Å². The van der Waals surface area contributed by atoms with Crippen LogP contribution in [0.3, 0.4) is 0 Å². The first-order chi connectivity index (χ1) is 6.38. The third-order valence-corrected chi connectivity index (χ3v) is 2.02. The Balaban J connectivity index is 2.89. The molecule has 1 aromatic carbocycles. The lowest BCUT2D eigenvalue weighted by Crippen LogP contribution is -2.00. The smallest absolute Gasteiger partial charge is 0.206 e. The van der Waals surface area contributed by atoms with Gasteiger partial charge in [-0.25, -0.2) is 4.39 Å². The molecule has 0 saturated carbocycles. The fourth-order valence-electron chi connectivity index (χ4n) is 0.807. The molecular weight excluding hydrogens is 264 g/mol. The molecule has 0 bridgehead atoms. The number of halogens is 5. The molecule has 5 heteroatoms. The van der Waals surface area contributed by atoms with Crippen molar-refractivity contribution in [3.63, 3.8) is 0 Å². The lowest BCUT2D eigenvalue weighted by molar-refractivity contribution is -0.0790. The predicted molar refractivity (Wildman–Crippen MR) is 49.2 cm³/mol. The Hall–Kier alpha value is -0.840. The van der Waals surface area contributed by atoms with E-state index in [1.165, 1.54) is 12.1 Å². The van der Waals surface area contributed by atoms with Gasteiger partial charge in [0.15, 0.2) is 0 Å². The third-order valence-electron chi connectivity index (χ3n) is 1.41. The largest absolute Gasteiger partial charge is 0.409 e. The van der Waals surface area contributed by atoms with Crippen molar-refractivity contribution in [2.75, 3.05) is 0 Å². The molecule has 1 rings (SSSR count). The monoisotopic (exact) mass is 268 g/mol. The first kappa shape index (κ1) is 11.2. The normalized spacial score (nSPS) is 12.4. The summed E-state index contributed by atoms with van der Waals surface area (Å²) in [4.78, 5) is 0. The zero-order chi connectivity index (χ0) is 10.8. The van der Waals surface area contributed by atoms with Crippen molar-refractivity contribution in [3.05, 3.63) is 40.1 Å². The Kier molecular flexibility index (Phi) is 3.31. The van der Waals surface area contributed by atoms with Crippen LogP contribution in [0.15, 0.2) is 28.7 Å². The second kappa shape index (κ2) is 4.13. The molecule has 0 spiro atoms.